The third kappa shape index (κ3) is 1.83. The van der Waals surface area contributed by atoms with Crippen molar-refractivity contribution in [1.29, 1.82) is 0 Å². The van der Waals surface area contributed by atoms with E-state index in [9.17, 15) is 0 Å². The number of fused-ring (bicyclic) bond motifs is 9. The summed E-state index contributed by atoms with van der Waals surface area (Å²) in [4.78, 5) is 4.85. The largest absolute Gasteiger partial charge is 0.234 e. The number of nitrogens with zero attached hydrogens (tertiary/aromatic N) is 1. The molecule has 0 saturated carbocycles. The van der Waals surface area contributed by atoms with Crippen molar-refractivity contribution in [1.82, 2.24) is 4.98 Å². The summed E-state index contributed by atoms with van der Waals surface area (Å²) < 4.78 is 2.32. The Morgan fingerprint density at radius 2 is 1.38 bits per heavy atom. The number of rotatable bonds is 0. The fourth-order valence-electron chi connectivity index (χ4n) is 4.00. The molecule has 0 saturated heterocycles. The predicted molar refractivity (Wildman–Crippen MR) is 115 cm³/mol. The number of aromatic nitrogens is 1. The molecule has 2 aromatic heterocycles. The first-order chi connectivity index (χ1) is 12.8. The van der Waals surface area contributed by atoms with E-state index in [4.69, 9.17) is 16.6 Å². The van der Waals surface area contributed by atoms with Gasteiger partial charge in [0.1, 0.15) is 5.15 Å². The number of hydrogen-bond donors (Lipinski definition) is 0. The van der Waals surface area contributed by atoms with Crippen LogP contribution in [0.25, 0.3) is 52.6 Å². The first-order valence-corrected chi connectivity index (χ1v) is 9.71. The van der Waals surface area contributed by atoms with Gasteiger partial charge in [-0.25, -0.2) is 4.98 Å². The van der Waals surface area contributed by atoms with Crippen molar-refractivity contribution in [2.75, 3.05) is 0 Å². The molecule has 1 nitrogen and oxygen atoms in total. The van der Waals surface area contributed by atoms with E-state index < -0.39 is 0 Å². The third-order valence-electron chi connectivity index (χ3n) is 5.14. The summed E-state index contributed by atoms with van der Waals surface area (Å²) in [5.74, 6) is 0. The number of pyridine rings is 1. The van der Waals surface area contributed by atoms with Crippen LogP contribution in [0, 0.1) is 0 Å². The molecule has 0 aliphatic rings. The first-order valence-electron chi connectivity index (χ1n) is 8.52. The van der Waals surface area contributed by atoms with Crippen LogP contribution >= 0.6 is 22.9 Å². The molecule has 0 aliphatic heterocycles. The summed E-state index contributed by atoms with van der Waals surface area (Å²) in [5, 5.41) is 9.05. The monoisotopic (exact) mass is 369 g/mol. The quantitative estimate of drug-likeness (QED) is 0.199. The Morgan fingerprint density at radius 1 is 0.654 bits per heavy atom. The van der Waals surface area contributed by atoms with Gasteiger partial charge in [0.2, 0.25) is 0 Å². The molecule has 0 unspecified atom stereocenters. The van der Waals surface area contributed by atoms with Gasteiger partial charge in [-0.2, -0.15) is 0 Å². The Balaban J connectivity index is 1.96. The molecule has 2 heterocycles. The van der Waals surface area contributed by atoms with Crippen molar-refractivity contribution < 1.29 is 0 Å². The molecule has 122 valence electrons. The maximum atomic E-state index is 6.66. The van der Waals surface area contributed by atoms with Crippen LogP contribution in [-0.2, 0) is 0 Å². The van der Waals surface area contributed by atoms with E-state index >= 15 is 0 Å². The van der Waals surface area contributed by atoms with Gasteiger partial charge in [-0.3, -0.25) is 0 Å². The lowest BCUT2D eigenvalue weighted by molar-refractivity contribution is 1.47. The van der Waals surface area contributed by atoms with Crippen LogP contribution in [-0.4, -0.2) is 4.98 Å². The van der Waals surface area contributed by atoms with Crippen molar-refractivity contribution in [3.05, 3.63) is 77.9 Å². The molecule has 0 atom stereocenters. The number of thiophene rings is 1. The van der Waals surface area contributed by atoms with E-state index in [1.54, 1.807) is 11.3 Å². The molecular formula is C23H12ClNS. The molecule has 0 bridgehead atoms. The number of hydrogen-bond acceptors (Lipinski definition) is 2. The molecule has 0 fully saturated rings. The smallest absolute Gasteiger partial charge is 0.147 e. The van der Waals surface area contributed by atoms with Gasteiger partial charge in [-0.1, -0.05) is 78.3 Å². The first kappa shape index (κ1) is 14.5. The zero-order chi connectivity index (χ0) is 17.3. The van der Waals surface area contributed by atoms with Gasteiger partial charge in [0, 0.05) is 26.2 Å². The number of halogens is 1. The minimum absolute atomic E-state index is 0.592. The van der Waals surface area contributed by atoms with Crippen molar-refractivity contribution >= 4 is 75.6 Å². The maximum Gasteiger partial charge on any atom is 0.147 e. The lowest BCUT2D eigenvalue weighted by Crippen LogP contribution is -1.86. The maximum absolute atomic E-state index is 6.66. The fourth-order valence-corrected chi connectivity index (χ4v) is 5.40. The molecule has 0 spiro atoms. The lowest BCUT2D eigenvalue weighted by Gasteiger charge is -2.09. The van der Waals surface area contributed by atoms with E-state index in [1.165, 1.54) is 42.4 Å². The van der Waals surface area contributed by atoms with Crippen LogP contribution in [0.2, 0.25) is 5.15 Å². The van der Waals surface area contributed by atoms with Gasteiger partial charge in [-0.15, -0.1) is 11.3 Å². The summed E-state index contributed by atoms with van der Waals surface area (Å²) in [6.45, 7) is 0. The van der Waals surface area contributed by atoms with E-state index in [0.717, 1.165) is 10.2 Å². The highest BCUT2D eigenvalue weighted by Gasteiger charge is 2.15. The second-order valence-corrected chi connectivity index (χ2v) is 7.96. The van der Waals surface area contributed by atoms with Crippen molar-refractivity contribution in [3.63, 3.8) is 0 Å². The van der Waals surface area contributed by atoms with E-state index in [0.29, 0.717) is 5.15 Å². The Morgan fingerprint density at radius 3 is 2.31 bits per heavy atom. The Bertz CT molecular complexity index is 1500. The minimum Gasteiger partial charge on any atom is -0.234 e. The molecule has 26 heavy (non-hydrogen) atoms. The molecule has 6 rings (SSSR count). The predicted octanol–water partition coefficient (Wildman–Crippen LogP) is 7.56. The number of benzene rings is 4. The van der Waals surface area contributed by atoms with Gasteiger partial charge in [0.05, 0.1) is 10.2 Å². The highest BCUT2D eigenvalue weighted by atomic mass is 35.5. The molecule has 0 aliphatic carbocycles. The average Bonchev–Trinajstić information content (AvgIpc) is 3.08. The summed E-state index contributed by atoms with van der Waals surface area (Å²) >= 11 is 8.38. The normalized spacial score (nSPS) is 12.0. The SMILES string of the molecule is Clc1nc2c(ccc3ccc4ccccc4c32)c2c1sc1ccccc12. The van der Waals surface area contributed by atoms with Crippen LogP contribution in [0.5, 0.6) is 0 Å². The summed E-state index contributed by atoms with van der Waals surface area (Å²) in [6, 6.07) is 25.7. The molecule has 3 heteroatoms. The van der Waals surface area contributed by atoms with Gasteiger partial charge in [-0.05, 0) is 22.2 Å². The molecule has 0 N–H and O–H groups in total. The Kier molecular flexibility index (Phi) is 2.88. The van der Waals surface area contributed by atoms with Gasteiger partial charge in [0.25, 0.3) is 0 Å². The third-order valence-corrected chi connectivity index (χ3v) is 6.71. The summed E-state index contributed by atoms with van der Waals surface area (Å²) in [6.07, 6.45) is 0. The van der Waals surface area contributed by atoms with Gasteiger partial charge >= 0.3 is 0 Å². The highest BCUT2D eigenvalue weighted by molar-refractivity contribution is 7.26. The van der Waals surface area contributed by atoms with Crippen LogP contribution < -0.4 is 0 Å². The van der Waals surface area contributed by atoms with Gasteiger partial charge in [0.15, 0.2) is 0 Å². The van der Waals surface area contributed by atoms with E-state index in [2.05, 4.69) is 72.8 Å². The highest BCUT2D eigenvalue weighted by Crippen LogP contribution is 2.43. The standard InChI is InChI=1S/C23H12ClNS/c24-23-22-20(16-7-3-4-8-18(16)26-22)17-12-11-14-10-9-13-5-1-2-6-15(13)19(14)21(17)25-23/h1-12H. The van der Waals surface area contributed by atoms with Crippen LogP contribution in [0.4, 0.5) is 0 Å². The van der Waals surface area contributed by atoms with Crippen LogP contribution in [0.15, 0.2) is 72.8 Å². The topological polar surface area (TPSA) is 12.9 Å². The second kappa shape index (κ2) is 5.16. The van der Waals surface area contributed by atoms with E-state index in [-0.39, 0.29) is 0 Å². The van der Waals surface area contributed by atoms with Crippen molar-refractivity contribution in [2.24, 2.45) is 0 Å². The summed E-state index contributed by atoms with van der Waals surface area (Å²) in [7, 11) is 0. The van der Waals surface area contributed by atoms with E-state index in [1.807, 2.05) is 0 Å². The zero-order valence-corrected chi connectivity index (χ0v) is 15.2. The fraction of sp³-hybridized carbons (Fsp3) is 0. The van der Waals surface area contributed by atoms with Crippen molar-refractivity contribution in [3.8, 4) is 0 Å². The van der Waals surface area contributed by atoms with Crippen LogP contribution in [0.1, 0.15) is 0 Å². The molecule has 0 amide bonds. The lowest BCUT2D eigenvalue weighted by atomic mass is 9.97. The summed E-state index contributed by atoms with van der Waals surface area (Å²) in [5.41, 5.74) is 0.986. The average molecular weight is 370 g/mol. The van der Waals surface area contributed by atoms with Crippen LogP contribution in [0.3, 0.4) is 0 Å². The molecule has 6 aromatic rings. The second-order valence-electron chi connectivity index (χ2n) is 6.55. The zero-order valence-electron chi connectivity index (χ0n) is 13.7. The van der Waals surface area contributed by atoms with Crippen molar-refractivity contribution in [2.45, 2.75) is 0 Å². The molecule has 0 radical (unpaired) electrons. The minimum atomic E-state index is 0.592. The van der Waals surface area contributed by atoms with Gasteiger partial charge < -0.3 is 0 Å². The molecular weight excluding hydrogens is 358 g/mol. The Labute approximate surface area is 158 Å². The molecule has 4 aromatic carbocycles. The Hall–Kier alpha value is -2.68.